The molecule has 0 bridgehead atoms. The summed E-state index contributed by atoms with van der Waals surface area (Å²) in [5.74, 6) is 1.20. The molecule has 0 aliphatic rings. The lowest BCUT2D eigenvalue weighted by Gasteiger charge is -2.14. The maximum Gasteiger partial charge on any atom is 0.274 e. The number of rotatable bonds is 10. The molecule has 0 aromatic carbocycles. The number of sulfonamides is 1. The minimum Gasteiger partial charge on any atom is -0.447 e. The zero-order valence-corrected chi connectivity index (χ0v) is 14.3. The van der Waals surface area contributed by atoms with Gasteiger partial charge in [0.25, 0.3) is 10.0 Å². The monoisotopic (exact) mass is 316 g/mol. The summed E-state index contributed by atoms with van der Waals surface area (Å²) >= 11 is 0. The second kappa shape index (κ2) is 8.56. The molecule has 5 nitrogen and oxygen atoms in total. The van der Waals surface area contributed by atoms with E-state index in [9.17, 15) is 8.42 Å². The van der Waals surface area contributed by atoms with Gasteiger partial charge in [-0.1, -0.05) is 20.8 Å². The van der Waals surface area contributed by atoms with E-state index < -0.39 is 10.0 Å². The molecule has 1 atom stereocenters. The fourth-order valence-corrected chi connectivity index (χ4v) is 3.18. The number of hydrogen-bond donors (Lipinski definition) is 2. The summed E-state index contributed by atoms with van der Waals surface area (Å²) in [7, 11) is -3.56. The van der Waals surface area contributed by atoms with E-state index in [0.717, 1.165) is 25.8 Å². The zero-order valence-electron chi connectivity index (χ0n) is 13.5. The molecule has 1 unspecified atom stereocenters. The van der Waals surface area contributed by atoms with Gasteiger partial charge in [-0.2, -0.15) is 0 Å². The minimum absolute atomic E-state index is 0.00723. The van der Waals surface area contributed by atoms with Gasteiger partial charge in [0.15, 0.2) is 0 Å². The van der Waals surface area contributed by atoms with Crippen LogP contribution in [0, 0.1) is 5.92 Å². The number of furan rings is 1. The van der Waals surface area contributed by atoms with Gasteiger partial charge in [-0.05, 0) is 50.8 Å². The molecule has 1 rings (SSSR count). The summed E-state index contributed by atoms with van der Waals surface area (Å²) in [4.78, 5) is 0. The predicted molar refractivity (Wildman–Crippen MR) is 84.6 cm³/mol. The molecule has 122 valence electrons. The summed E-state index contributed by atoms with van der Waals surface area (Å²) in [6.45, 7) is 9.65. The van der Waals surface area contributed by atoms with Crippen molar-refractivity contribution in [2.24, 2.45) is 5.92 Å². The summed E-state index contributed by atoms with van der Waals surface area (Å²) in [6.07, 6.45) is 2.84. The average molecular weight is 316 g/mol. The van der Waals surface area contributed by atoms with E-state index in [-0.39, 0.29) is 11.1 Å². The zero-order chi connectivity index (χ0) is 15.9. The first-order valence-electron chi connectivity index (χ1n) is 7.67. The van der Waals surface area contributed by atoms with Crippen LogP contribution in [0.2, 0.25) is 0 Å². The average Bonchev–Trinajstić information content (AvgIpc) is 2.86. The van der Waals surface area contributed by atoms with Gasteiger partial charge >= 0.3 is 0 Å². The van der Waals surface area contributed by atoms with Crippen molar-refractivity contribution < 1.29 is 12.8 Å². The largest absolute Gasteiger partial charge is 0.447 e. The predicted octanol–water partition coefficient (Wildman–Crippen LogP) is 2.88. The molecule has 1 aromatic heterocycles. The Labute approximate surface area is 128 Å². The molecule has 21 heavy (non-hydrogen) atoms. The molecule has 6 heteroatoms. The first-order chi connectivity index (χ1) is 9.85. The molecule has 0 spiro atoms. The van der Waals surface area contributed by atoms with Gasteiger partial charge in [-0.3, -0.25) is 0 Å². The lowest BCUT2D eigenvalue weighted by atomic mass is 10.1. The third kappa shape index (κ3) is 6.63. The number of nitrogens with one attached hydrogen (secondary N) is 2. The second-order valence-electron chi connectivity index (χ2n) is 5.89. The van der Waals surface area contributed by atoms with Gasteiger partial charge in [-0.25, -0.2) is 13.1 Å². The summed E-state index contributed by atoms with van der Waals surface area (Å²) in [5.41, 5.74) is 0. The van der Waals surface area contributed by atoms with Crippen LogP contribution < -0.4 is 10.0 Å². The van der Waals surface area contributed by atoms with Gasteiger partial charge in [0.2, 0.25) is 5.09 Å². The SMILES string of the molecule is CCCNCc1ccc(S(=O)(=O)NC(C)CCC(C)C)o1. The maximum atomic E-state index is 12.2. The molecule has 1 aromatic rings. The molecule has 0 aliphatic carbocycles. The standard InChI is InChI=1S/C15H28N2O3S/c1-5-10-16-11-14-8-9-15(20-14)21(18,19)17-13(4)7-6-12(2)3/h8-9,12-13,16-17H,5-7,10-11H2,1-4H3. The number of hydrogen-bond acceptors (Lipinski definition) is 4. The Morgan fingerprint density at radius 3 is 2.52 bits per heavy atom. The Hall–Kier alpha value is -0.850. The van der Waals surface area contributed by atoms with Crippen LogP contribution in [-0.2, 0) is 16.6 Å². The van der Waals surface area contributed by atoms with Gasteiger partial charge in [-0.15, -0.1) is 0 Å². The molecular formula is C15H28N2O3S. The van der Waals surface area contributed by atoms with Crippen LogP contribution in [0.25, 0.3) is 0 Å². The van der Waals surface area contributed by atoms with Crippen molar-refractivity contribution in [3.63, 3.8) is 0 Å². The van der Waals surface area contributed by atoms with Crippen LogP contribution >= 0.6 is 0 Å². The molecule has 1 heterocycles. The highest BCUT2D eigenvalue weighted by Gasteiger charge is 2.21. The molecule has 0 radical (unpaired) electrons. The maximum absolute atomic E-state index is 12.2. The van der Waals surface area contributed by atoms with Crippen molar-refractivity contribution in [1.29, 1.82) is 0 Å². The highest BCUT2D eigenvalue weighted by molar-refractivity contribution is 7.89. The first-order valence-corrected chi connectivity index (χ1v) is 9.15. The van der Waals surface area contributed by atoms with E-state index in [1.54, 1.807) is 6.07 Å². The van der Waals surface area contributed by atoms with E-state index in [2.05, 4.69) is 30.8 Å². The van der Waals surface area contributed by atoms with Crippen LogP contribution in [0.1, 0.15) is 52.7 Å². The Kier molecular flexibility index (Phi) is 7.42. The van der Waals surface area contributed by atoms with Crippen molar-refractivity contribution >= 4 is 10.0 Å². The van der Waals surface area contributed by atoms with Crippen LogP contribution in [0.5, 0.6) is 0 Å². The van der Waals surface area contributed by atoms with E-state index >= 15 is 0 Å². The van der Waals surface area contributed by atoms with Crippen LogP contribution in [0.4, 0.5) is 0 Å². The van der Waals surface area contributed by atoms with Crippen molar-refractivity contribution in [1.82, 2.24) is 10.0 Å². The molecule has 0 amide bonds. The van der Waals surface area contributed by atoms with Crippen molar-refractivity contribution in [2.75, 3.05) is 6.54 Å². The normalized spacial score (nSPS) is 13.8. The van der Waals surface area contributed by atoms with Crippen LogP contribution in [0.3, 0.4) is 0 Å². The Morgan fingerprint density at radius 2 is 1.90 bits per heavy atom. The van der Waals surface area contributed by atoms with Gasteiger partial charge in [0, 0.05) is 6.04 Å². The Morgan fingerprint density at radius 1 is 1.19 bits per heavy atom. The van der Waals surface area contributed by atoms with E-state index in [0.29, 0.717) is 18.2 Å². The van der Waals surface area contributed by atoms with Crippen LogP contribution in [-0.4, -0.2) is 21.0 Å². The Balaban J connectivity index is 2.57. The topological polar surface area (TPSA) is 71.3 Å². The molecule has 0 fully saturated rings. The Bertz CT molecular complexity index is 509. The van der Waals surface area contributed by atoms with Crippen molar-refractivity contribution in [3.8, 4) is 0 Å². The summed E-state index contributed by atoms with van der Waals surface area (Å²) in [5, 5.41) is 3.17. The molecular weight excluding hydrogens is 288 g/mol. The lowest BCUT2D eigenvalue weighted by Crippen LogP contribution is -2.32. The summed E-state index contributed by atoms with van der Waals surface area (Å²) in [6, 6.07) is 3.13. The first kappa shape index (κ1) is 18.2. The van der Waals surface area contributed by atoms with Crippen molar-refractivity contribution in [3.05, 3.63) is 17.9 Å². The van der Waals surface area contributed by atoms with E-state index in [4.69, 9.17) is 4.42 Å². The van der Waals surface area contributed by atoms with Gasteiger partial charge < -0.3 is 9.73 Å². The van der Waals surface area contributed by atoms with Crippen molar-refractivity contribution in [2.45, 2.75) is 64.6 Å². The quantitative estimate of drug-likeness (QED) is 0.651. The van der Waals surface area contributed by atoms with E-state index in [1.165, 1.54) is 6.07 Å². The molecule has 0 aliphatic heterocycles. The van der Waals surface area contributed by atoms with Gasteiger partial charge in [0.05, 0.1) is 6.54 Å². The molecule has 0 saturated heterocycles. The minimum atomic E-state index is -3.56. The summed E-state index contributed by atoms with van der Waals surface area (Å²) < 4.78 is 32.5. The fourth-order valence-electron chi connectivity index (χ4n) is 1.95. The van der Waals surface area contributed by atoms with E-state index in [1.807, 2.05) is 6.92 Å². The van der Waals surface area contributed by atoms with Gasteiger partial charge in [0.1, 0.15) is 5.76 Å². The smallest absolute Gasteiger partial charge is 0.274 e. The highest BCUT2D eigenvalue weighted by atomic mass is 32.2. The molecule has 2 N–H and O–H groups in total. The third-order valence-corrected chi connectivity index (χ3v) is 4.62. The fraction of sp³-hybridized carbons (Fsp3) is 0.733. The highest BCUT2D eigenvalue weighted by Crippen LogP contribution is 2.15. The second-order valence-corrected chi connectivity index (χ2v) is 7.54. The molecule has 0 saturated carbocycles. The lowest BCUT2D eigenvalue weighted by molar-refractivity contribution is 0.396. The third-order valence-electron chi connectivity index (χ3n) is 3.16. The van der Waals surface area contributed by atoms with Crippen LogP contribution in [0.15, 0.2) is 21.6 Å².